The highest BCUT2D eigenvalue weighted by atomic mass is 35.5. The quantitative estimate of drug-likeness (QED) is 0.00833. The number of aliphatic hydroxyl groups is 1. The minimum Gasteiger partial charge on any atom is -0.462 e. The van der Waals surface area contributed by atoms with E-state index in [1.807, 2.05) is 0 Å². The number of nitrogens with two attached hydrogens (primary N) is 2. The van der Waals surface area contributed by atoms with Crippen molar-refractivity contribution < 1.29 is 75.2 Å². The number of aromatic nitrogens is 4. The Bertz CT molecular complexity index is 3320. The van der Waals surface area contributed by atoms with Crippen LogP contribution < -0.4 is 42.1 Å². The maximum Gasteiger partial charge on any atom is 0.459 e. The van der Waals surface area contributed by atoms with E-state index in [1.54, 1.807) is 91.8 Å². The van der Waals surface area contributed by atoms with Crippen molar-refractivity contribution in [2.45, 2.75) is 155 Å². The van der Waals surface area contributed by atoms with Gasteiger partial charge in [-0.1, -0.05) is 74.3 Å². The van der Waals surface area contributed by atoms with Crippen LogP contribution in [0.1, 0.15) is 95.5 Å². The van der Waals surface area contributed by atoms with Crippen LogP contribution in [-0.4, -0.2) is 120 Å². The smallest absolute Gasteiger partial charge is 0.459 e. The van der Waals surface area contributed by atoms with E-state index >= 15 is 0 Å². The first-order valence-electron chi connectivity index (χ1n) is 26.9. The molecular formula is C52H73ClN14O18P2. The van der Waals surface area contributed by atoms with E-state index in [0.717, 1.165) is 9.13 Å². The number of nitrogens with zero attached hydrogens (tertiary/aromatic N) is 10. The number of hydrogen-bond donors (Lipinski definition) is 5. The number of nitrogen functional groups attached to an aromatic ring is 2. The van der Waals surface area contributed by atoms with Crippen molar-refractivity contribution in [1.29, 1.82) is 0 Å². The third kappa shape index (κ3) is 20.3. The van der Waals surface area contributed by atoms with Crippen LogP contribution in [0, 0.1) is 11.8 Å². The monoisotopic (exact) mass is 1280 g/mol. The molecule has 0 radical (unpaired) electrons. The summed E-state index contributed by atoms with van der Waals surface area (Å²) in [4.78, 5) is 85.7. The number of benzene rings is 2. The maximum atomic E-state index is 14.0. The van der Waals surface area contributed by atoms with Crippen LogP contribution in [0.2, 0.25) is 0 Å². The number of para-hydroxylation sites is 2. The second-order valence-corrected chi connectivity index (χ2v) is 24.7. The van der Waals surface area contributed by atoms with Crippen molar-refractivity contribution in [3.63, 3.8) is 0 Å². The minimum atomic E-state index is -4.36. The summed E-state index contributed by atoms with van der Waals surface area (Å²) in [5, 5.41) is 23.4. The molecule has 2 aliphatic heterocycles. The second kappa shape index (κ2) is 32.0. The van der Waals surface area contributed by atoms with E-state index in [-0.39, 0.29) is 34.3 Å². The van der Waals surface area contributed by atoms with Gasteiger partial charge in [0.15, 0.2) is 12.5 Å². The molecule has 2 aromatic heterocycles. The van der Waals surface area contributed by atoms with Gasteiger partial charge >= 0.3 is 44.8 Å². The summed E-state index contributed by atoms with van der Waals surface area (Å²) in [5.41, 5.74) is 24.7. The van der Waals surface area contributed by atoms with Crippen LogP contribution in [0.3, 0.4) is 0 Å². The molecule has 2 unspecified atom stereocenters. The molecule has 6 rings (SSSR count). The molecule has 2 fully saturated rings. The molecule has 87 heavy (non-hydrogen) atoms. The summed E-state index contributed by atoms with van der Waals surface area (Å²) < 4.78 is 80.4. The summed E-state index contributed by atoms with van der Waals surface area (Å²) in [7, 11) is -8.65. The molecule has 2 aromatic carbocycles. The van der Waals surface area contributed by atoms with Crippen LogP contribution in [0.4, 0.5) is 11.6 Å². The van der Waals surface area contributed by atoms with Crippen molar-refractivity contribution in [2.75, 3.05) is 24.7 Å². The number of azide groups is 2. The van der Waals surface area contributed by atoms with Gasteiger partial charge in [0.25, 0.3) is 0 Å². The summed E-state index contributed by atoms with van der Waals surface area (Å²) in [6, 6.07) is 16.6. The van der Waals surface area contributed by atoms with Gasteiger partial charge in [-0.2, -0.15) is 20.1 Å². The lowest BCUT2D eigenvalue weighted by Gasteiger charge is -2.31. The lowest BCUT2D eigenvalue weighted by atomic mass is 9.92. The second-order valence-electron chi connectivity index (χ2n) is 21.0. The third-order valence-electron chi connectivity index (χ3n) is 12.2. The molecule has 35 heteroatoms. The molecule has 0 saturated carbocycles. The first kappa shape index (κ1) is 72.0. The van der Waals surface area contributed by atoms with Gasteiger partial charge in [0, 0.05) is 28.1 Å². The van der Waals surface area contributed by atoms with Gasteiger partial charge < -0.3 is 49.3 Å². The fourth-order valence-corrected chi connectivity index (χ4v) is 10.8. The molecule has 0 bridgehead atoms. The van der Waals surface area contributed by atoms with Gasteiger partial charge in [0.2, 0.25) is 5.24 Å². The van der Waals surface area contributed by atoms with Crippen LogP contribution in [0.25, 0.3) is 20.9 Å². The molecule has 0 aliphatic carbocycles. The average Bonchev–Trinajstić information content (AvgIpc) is 1.66. The zero-order chi connectivity index (χ0) is 65.2. The van der Waals surface area contributed by atoms with Gasteiger partial charge in [0.1, 0.15) is 64.6 Å². The molecule has 476 valence electrons. The number of halogens is 1. The highest BCUT2D eigenvalue weighted by Gasteiger charge is 2.58. The number of anilines is 2. The Labute approximate surface area is 505 Å². The van der Waals surface area contributed by atoms with Gasteiger partial charge in [0.05, 0.1) is 37.4 Å². The Kier molecular flexibility index (Phi) is 26.5. The van der Waals surface area contributed by atoms with Crippen molar-refractivity contribution in [3.8, 4) is 11.5 Å². The first-order valence-corrected chi connectivity index (χ1v) is 30.3. The Morgan fingerprint density at radius 3 is 1.41 bits per heavy atom. The minimum absolute atomic E-state index is 0.0216. The van der Waals surface area contributed by atoms with Crippen LogP contribution >= 0.6 is 27.1 Å². The molecule has 4 heterocycles. The van der Waals surface area contributed by atoms with E-state index in [1.165, 1.54) is 76.5 Å². The normalized spacial score (nSPS) is 23.4. The number of esters is 3. The molecule has 12 atom stereocenters. The molecule has 7 N–H and O–H groups in total. The summed E-state index contributed by atoms with van der Waals surface area (Å²) in [6.07, 6.45) is -6.26. The van der Waals surface area contributed by atoms with Crippen LogP contribution in [0.15, 0.2) is 105 Å². The Morgan fingerprint density at radius 2 is 1.05 bits per heavy atom. The number of aliphatic hydroxyl groups excluding tert-OH is 1. The number of carbonyl (C=O) groups is 4. The lowest BCUT2D eigenvalue weighted by Crippen LogP contribution is -2.47. The van der Waals surface area contributed by atoms with Gasteiger partial charge in [-0.05, 0) is 114 Å². The molecule has 2 aliphatic rings. The van der Waals surface area contributed by atoms with E-state index in [9.17, 15) is 48.5 Å². The van der Waals surface area contributed by atoms with E-state index in [2.05, 4.69) is 40.2 Å². The third-order valence-corrected chi connectivity index (χ3v) is 16.0. The predicted octanol–water partition coefficient (Wildman–Crippen LogP) is 7.19. The van der Waals surface area contributed by atoms with Crippen molar-refractivity contribution >= 4 is 61.9 Å². The van der Waals surface area contributed by atoms with Gasteiger partial charge in [-0.3, -0.25) is 37.4 Å². The van der Waals surface area contributed by atoms with Crippen molar-refractivity contribution in [2.24, 2.45) is 22.1 Å². The Morgan fingerprint density at radius 1 is 0.667 bits per heavy atom. The molecule has 0 amide bonds. The average molecular weight is 1280 g/mol. The zero-order valence-corrected chi connectivity index (χ0v) is 52.3. The SMILES string of the molecule is CC(C)C(=O)Cl.CC(C)OC(=O)[C@H](C)NP(=O)(OC[C@H]1O[C@@H](n2ccc(N)nc2=O)[C@](C)(N=[N+]=[N-])[C@@H]1O)Oc1ccccc1.CC(C)OC(=O)[C@H](C)NP(=O)(OC[C@H]1O[C@@H](n2ccc(N)nc2=O)[C@](C)(N=[N+]=[N-])[C@@H]1OC(=O)C(C)C)Oc1ccccc1. The number of hydrogen-bond acceptors (Lipinski definition) is 24. The largest absolute Gasteiger partial charge is 0.462 e. The molecular weight excluding hydrogens is 1210 g/mol. The van der Waals surface area contributed by atoms with E-state index in [4.69, 9.17) is 70.4 Å². The van der Waals surface area contributed by atoms with Crippen LogP contribution in [-0.2, 0) is 61.0 Å². The van der Waals surface area contributed by atoms with Crippen LogP contribution in [0.5, 0.6) is 11.5 Å². The summed E-state index contributed by atoms with van der Waals surface area (Å²) >= 11 is 4.97. The van der Waals surface area contributed by atoms with E-state index in [0.29, 0.717) is 0 Å². The zero-order valence-electron chi connectivity index (χ0n) is 49.7. The molecule has 32 nitrogen and oxygen atoms in total. The van der Waals surface area contributed by atoms with Gasteiger partial charge in [-0.15, -0.1) is 0 Å². The standard InChI is InChI=1S/C26H36N7O9P.C22H30N7O8P.C4H7ClO/c1-15(2)22(34)41-21-19(40-24(26(21,6)31-32-28)33-13-12-20(27)29-25(33)36)14-38-43(37,42-18-10-8-7-9-11-18)30-17(5)23(35)39-16(3)4;1-13(2)35-19(31)14(3)26-38(33,37-15-8-6-5-7-9-15)34-12-16-18(30)22(4,27-28-24)20(36-16)29-11-10-17(23)25-21(29)32;1-3(2)4(5)6/h7-13,15-17,19,21,24H,14H2,1-6H3,(H,30,37)(H2,27,29,36);5-11,13-14,16,18,20,30H,12H2,1-4H3,(H,26,33)(H2,23,25,32);3H,1-2H3/t17-,19+,21+,24+,26+,43?;14-,16+,18+,20+,22+,38?;/m00./s1. The molecule has 0 spiro atoms. The summed E-state index contributed by atoms with van der Waals surface area (Å²) in [6.45, 7) is 17.9. The topological polar surface area (TPSA) is 449 Å². The predicted molar refractivity (Wildman–Crippen MR) is 314 cm³/mol. The molecule has 2 saturated heterocycles. The fourth-order valence-electron chi connectivity index (χ4n) is 7.83. The maximum absolute atomic E-state index is 14.0. The Balaban J connectivity index is 0.000000342. The Hall–Kier alpha value is -7.43. The number of carbonyl (C=O) groups excluding carboxylic acids is 4. The number of ether oxygens (including phenoxy) is 5. The van der Waals surface area contributed by atoms with Gasteiger partial charge in [-0.25, -0.2) is 18.7 Å². The summed E-state index contributed by atoms with van der Waals surface area (Å²) in [5.74, 6) is -2.41. The lowest BCUT2D eigenvalue weighted by molar-refractivity contribution is -0.158. The number of rotatable bonds is 25. The first-order chi connectivity index (χ1) is 40.7. The fraction of sp³-hybridized carbons (Fsp3) is 0.538. The van der Waals surface area contributed by atoms with Crippen molar-refractivity contribution in [1.82, 2.24) is 29.3 Å². The van der Waals surface area contributed by atoms with E-state index < -0.39 is 136 Å². The number of nitrogens with one attached hydrogen (secondary N) is 2. The van der Waals surface area contributed by atoms with Crippen molar-refractivity contribution in [3.05, 3.63) is 127 Å². The highest BCUT2D eigenvalue weighted by Crippen LogP contribution is 2.50. The highest BCUT2D eigenvalue weighted by molar-refractivity contribution is 7.52. The molecule has 4 aromatic rings.